The molecule has 2 aliphatic rings. The van der Waals surface area contributed by atoms with Crippen molar-refractivity contribution in [2.75, 3.05) is 0 Å². The Labute approximate surface area is 168 Å². The van der Waals surface area contributed by atoms with Crippen molar-refractivity contribution in [2.45, 2.75) is 74.1 Å². The van der Waals surface area contributed by atoms with E-state index in [1.807, 2.05) is 20.8 Å². The number of benzene rings is 1. The van der Waals surface area contributed by atoms with Gasteiger partial charge < -0.3 is 14.4 Å². The monoisotopic (exact) mass is 426 g/mol. The van der Waals surface area contributed by atoms with Crippen LogP contribution in [0.15, 0.2) is 21.4 Å². The first kappa shape index (κ1) is 19.5. The summed E-state index contributed by atoms with van der Waals surface area (Å²) in [6.07, 6.45) is 0.957. The van der Waals surface area contributed by atoms with E-state index in [1.54, 1.807) is 6.07 Å². The molecule has 7 nitrogen and oxygen atoms in total. The van der Waals surface area contributed by atoms with Gasteiger partial charge in [-0.25, -0.2) is 18.2 Å². The van der Waals surface area contributed by atoms with E-state index < -0.39 is 21.2 Å². The predicted molar refractivity (Wildman–Crippen MR) is 105 cm³/mol. The number of nitrogens with zero attached hydrogens (tertiary/aromatic N) is 2. The lowest BCUT2D eigenvalue weighted by Gasteiger charge is -2.36. The Bertz CT molecular complexity index is 1040. The average Bonchev–Trinajstić information content (AvgIpc) is 3.13. The van der Waals surface area contributed by atoms with Crippen LogP contribution in [0.4, 0.5) is 4.79 Å². The summed E-state index contributed by atoms with van der Waals surface area (Å²) in [6.45, 7) is 5.81. The van der Waals surface area contributed by atoms with E-state index in [0.717, 1.165) is 0 Å². The molecule has 2 saturated heterocycles. The highest BCUT2D eigenvalue weighted by atomic mass is 35.5. The standard InChI is InChI=1S/C19H23ClN2O5S/c1-19(2,3)17-21-14-7-6-13(20)16(15(14)27-17)28(25,26)12-8-10-4-5-11(9-12)22(10)18(23)24/h6-7,10-12H,4-5,8-9H2,1-3H3,(H,23,24). The molecule has 3 heterocycles. The van der Waals surface area contributed by atoms with Gasteiger partial charge in [0.1, 0.15) is 10.4 Å². The zero-order chi connectivity index (χ0) is 20.4. The highest BCUT2D eigenvalue weighted by Gasteiger charge is 2.48. The average molecular weight is 427 g/mol. The number of hydrogen-bond donors (Lipinski definition) is 1. The molecule has 0 radical (unpaired) electrons. The Morgan fingerprint density at radius 2 is 1.86 bits per heavy atom. The summed E-state index contributed by atoms with van der Waals surface area (Å²) in [5.41, 5.74) is 0.266. The lowest BCUT2D eigenvalue weighted by molar-refractivity contribution is 0.103. The summed E-state index contributed by atoms with van der Waals surface area (Å²) in [6, 6.07) is 2.65. The first-order valence-corrected chi connectivity index (χ1v) is 11.3. The van der Waals surface area contributed by atoms with Crippen LogP contribution < -0.4 is 0 Å². The van der Waals surface area contributed by atoms with E-state index in [9.17, 15) is 18.3 Å². The normalized spacial score (nSPS) is 25.4. The van der Waals surface area contributed by atoms with Crippen molar-refractivity contribution in [1.82, 2.24) is 9.88 Å². The minimum atomic E-state index is -3.81. The van der Waals surface area contributed by atoms with Crippen molar-refractivity contribution >= 4 is 38.6 Å². The van der Waals surface area contributed by atoms with Crippen LogP contribution in [0.2, 0.25) is 5.02 Å². The SMILES string of the molecule is CC(C)(C)c1nc2ccc(Cl)c(S(=O)(=O)C3CC4CCC(C3)N4C(=O)O)c2o1. The zero-order valence-corrected chi connectivity index (χ0v) is 17.5. The van der Waals surface area contributed by atoms with Crippen LogP contribution in [0.25, 0.3) is 11.1 Å². The highest BCUT2D eigenvalue weighted by molar-refractivity contribution is 7.92. The summed E-state index contributed by atoms with van der Waals surface area (Å²) in [5, 5.41) is 8.84. The van der Waals surface area contributed by atoms with E-state index in [2.05, 4.69) is 4.98 Å². The summed E-state index contributed by atoms with van der Waals surface area (Å²) in [5.74, 6) is 0.446. The first-order valence-electron chi connectivity index (χ1n) is 9.35. The molecule has 1 aromatic carbocycles. The molecule has 1 aromatic heterocycles. The maximum Gasteiger partial charge on any atom is 0.407 e. The third-order valence-corrected chi connectivity index (χ3v) is 8.40. The number of hydrogen-bond acceptors (Lipinski definition) is 5. The van der Waals surface area contributed by atoms with Gasteiger partial charge in [0.25, 0.3) is 0 Å². The molecule has 2 fully saturated rings. The molecule has 2 aromatic rings. The molecule has 2 aliphatic heterocycles. The molecule has 1 amide bonds. The van der Waals surface area contributed by atoms with Crippen LogP contribution in [0.5, 0.6) is 0 Å². The van der Waals surface area contributed by atoms with E-state index in [1.165, 1.54) is 11.0 Å². The van der Waals surface area contributed by atoms with E-state index >= 15 is 0 Å². The number of oxazole rings is 1. The summed E-state index contributed by atoms with van der Waals surface area (Å²) in [7, 11) is -3.81. The Kier molecular flexibility index (Phi) is 4.43. The van der Waals surface area contributed by atoms with Crippen molar-refractivity contribution in [3.05, 3.63) is 23.0 Å². The molecule has 0 aliphatic carbocycles. The van der Waals surface area contributed by atoms with Crippen LogP contribution in [0.3, 0.4) is 0 Å². The highest BCUT2D eigenvalue weighted by Crippen LogP contribution is 2.43. The summed E-state index contributed by atoms with van der Waals surface area (Å²) in [4.78, 5) is 17.3. The van der Waals surface area contributed by atoms with Crippen molar-refractivity contribution in [3.63, 3.8) is 0 Å². The second-order valence-electron chi connectivity index (χ2n) is 8.71. The third-order valence-electron chi connectivity index (χ3n) is 5.74. The molecule has 2 unspecified atom stereocenters. The van der Waals surface area contributed by atoms with Crippen molar-refractivity contribution < 1.29 is 22.7 Å². The lowest BCUT2D eigenvalue weighted by Crippen LogP contribution is -2.49. The predicted octanol–water partition coefficient (Wildman–Crippen LogP) is 4.23. The van der Waals surface area contributed by atoms with Gasteiger partial charge in [0.2, 0.25) is 5.89 Å². The van der Waals surface area contributed by atoms with Crippen LogP contribution in [-0.2, 0) is 15.3 Å². The van der Waals surface area contributed by atoms with Crippen molar-refractivity contribution in [1.29, 1.82) is 0 Å². The van der Waals surface area contributed by atoms with Crippen molar-refractivity contribution in [2.24, 2.45) is 0 Å². The molecule has 2 atom stereocenters. The summed E-state index contributed by atoms with van der Waals surface area (Å²) < 4.78 is 32.9. The second kappa shape index (κ2) is 6.35. The Morgan fingerprint density at radius 3 is 2.39 bits per heavy atom. The topological polar surface area (TPSA) is 101 Å². The quantitative estimate of drug-likeness (QED) is 0.771. The van der Waals surface area contributed by atoms with Gasteiger partial charge in [-0.3, -0.25) is 0 Å². The van der Waals surface area contributed by atoms with Gasteiger partial charge in [-0.2, -0.15) is 0 Å². The van der Waals surface area contributed by atoms with E-state index in [-0.39, 0.29) is 45.8 Å². The first-order chi connectivity index (χ1) is 13.0. The number of carboxylic acid groups (broad SMARTS) is 1. The molecule has 0 saturated carbocycles. The minimum Gasteiger partial charge on any atom is -0.465 e. The number of fused-ring (bicyclic) bond motifs is 3. The summed E-state index contributed by atoms with van der Waals surface area (Å²) >= 11 is 6.33. The third kappa shape index (κ3) is 2.97. The fourth-order valence-electron chi connectivity index (χ4n) is 4.39. The van der Waals surface area contributed by atoms with Gasteiger partial charge in [0.05, 0.1) is 10.3 Å². The van der Waals surface area contributed by atoms with Gasteiger partial charge in [0.15, 0.2) is 15.4 Å². The molecule has 0 spiro atoms. The number of carbonyl (C=O) groups is 1. The molecule has 9 heteroatoms. The lowest BCUT2D eigenvalue weighted by atomic mass is 9.97. The fourth-order valence-corrected chi connectivity index (χ4v) is 6.89. The Hall–Kier alpha value is -1.80. The van der Waals surface area contributed by atoms with Crippen LogP contribution >= 0.6 is 11.6 Å². The maximum absolute atomic E-state index is 13.5. The van der Waals surface area contributed by atoms with Gasteiger partial charge in [-0.05, 0) is 37.8 Å². The largest absolute Gasteiger partial charge is 0.465 e. The van der Waals surface area contributed by atoms with Crippen molar-refractivity contribution in [3.8, 4) is 0 Å². The number of aromatic nitrogens is 1. The number of sulfone groups is 1. The number of piperidine rings is 1. The maximum atomic E-state index is 13.5. The molecule has 1 N–H and O–H groups in total. The molecule has 28 heavy (non-hydrogen) atoms. The van der Waals surface area contributed by atoms with E-state index in [0.29, 0.717) is 24.2 Å². The Morgan fingerprint density at radius 1 is 1.25 bits per heavy atom. The van der Waals surface area contributed by atoms with Crippen LogP contribution in [0, 0.1) is 0 Å². The number of halogens is 1. The van der Waals surface area contributed by atoms with E-state index in [4.69, 9.17) is 16.0 Å². The van der Waals surface area contributed by atoms with Gasteiger partial charge in [-0.15, -0.1) is 0 Å². The van der Waals surface area contributed by atoms with Gasteiger partial charge >= 0.3 is 6.09 Å². The molecule has 2 bridgehead atoms. The molecular weight excluding hydrogens is 404 g/mol. The van der Waals surface area contributed by atoms with Crippen LogP contribution in [-0.4, -0.2) is 46.8 Å². The fraction of sp³-hybridized carbons (Fsp3) is 0.579. The number of amides is 1. The molecular formula is C19H23ClN2O5S. The number of rotatable bonds is 2. The minimum absolute atomic E-state index is 0.0251. The molecule has 152 valence electrons. The zero-order valence-electron chi connectivity index (χ0n) is 16.0. The van der Waals surface area contributed by atoms with Gasteiger partial charge in [0, 0.05) is 17.5 Å². The van der Waals surface area contributed by atoms with Crippen LogP contribution in [0.1, 0.15) is 52.3 Å². The second-order valence-corrected chi connectivity index (χ2v) is 11.3. The smallest absolute Gasteiger partial charge is 0.407 e. The molecule has 4 rings (SSSR count). The Balaban J connectivity index is 1.78. The van der Waals surface area contributed by atoms with Gasteiger partial charge in [-0.1, -0.05) is 32.4 Å².